The third-order valence-corrected chi connectivity index (χ3v) is 3.37. The second kappa shape index (κ2) is 13.9. The van der Waals surface area contributed by atoms with Crippen molar-refractivity contribution in [1.29, 1.82) is 0 Å². The van der Waals surface area contributed by atoms with Gasteiger partial charge in [0.1, 0.15) is 0 Å². The maximum absolute atomic E-state index is 11.6. The Morgan fingerprint density at radius 2 is 1.47 bits per heavy atom. The second-order valence-corrected chi connectivity index (χ2v) is 5.39. The van der Waals surface area contributed by atoms with Gasteiger partial charge in [0.05, 0.1) is 12.5 Å². The molecule has 0 aliphatic rings. The molecule has 114 valence electrons. The summed E-state index contributed by atoms with van der Waals surface area (Å²) < 4.78 is 0. The summed E-state index contributed by atoms with van der Waals surface area (Å²) in [4.78, 5) is 21.3. The smallest absolute Gasteiger partial charge is 0.298 e. The molecule has 0 aliphatic carbocycles. The van der Waals surface area contributed by atoms with Crippen LogP contribution in [0.15, 0.2) is 0 Å². The summed E-state index contributed by atoms with van der Waals surface area (Å²) in [7, 11) is 0. The molecule has 19 heavy (non-hydrogen) atoms. The van der Waals surface area contributed by atoms with Gasteiger partial charge in [0, 0.05) is 0 Å². The Bertz CT molecular complexity index is 204. The molecule has 1 atom stereocenters. The first-order valence-electron chi connectivity index (χ1n) is 8.05. The van der Waals surface area contributed by atoms with Crippen LogP contribution < -0.4 is 0 Å². The standard InChI is InChI=1S/C16H32O3/c1-4-6-8-9-10-11-13-15(3)16(17)19-18-14-12-7-5-2/h15H,4-14H2,1-3H3. The van der Waals surface area contributed by atoms with Gasteiger partial charge in [0.2, 0.25) is 0 Å². The van der Waals surface area contributed by atoms with Gasteiger partial charge in [-0.1, -0.05) is 72.1 Å². The van der Waals surface area contributed by atoms with E-state index in [0.717, 1.165) is 32.1 Å². The number of hydrogen-bond acceptors (Lipinski definition) is 3. The molecule has 1 unspecified atom stereocenters. The molecule has 3 heteroatoms. The van der Waals surface area contributed by atoms with Crippen molar-refractivity contribution in [2.24, 2.45) is 5.92 Å². The highest BCUT2D eigenvalue weighted by molar-refractivity contribution is 5.71. The highest BCUT2D eigenvalue weighted by atomic mass is 17.2. The zero-order valence-electron chi connectivity index (χ0n) is 13.1. The van der Waals surface area contributed by atoms with Crippen molar-refractivity contribution in [2.45, 2.75) is 85.0 Å². The van der Waals surface area contributed by atoms with Crippen LogP contribution >= 0.6 is 0 Å². The number of unbranched alkanes of at least 4 members (excludes halogenated alkanes) is 7. The second-order valence-electron chi connectivity index (χ2n) is 5.39. The van der Waals surface area contributed by atoms with Gasteiger partial charge in [-0.3, -0.25) is 4.89 Å². The average molecular weight is 272 g/mol. The molecule has 0 amide bonds. The van der Waals surface area contributed by atoms with Crippen LogP contribution in [-0.4, -0.2) is 12.6 Å². The van der Waals surface area contributed by atoms with E-state index >= 15 is 0 Å². The predicted molar refractivity (Wildman–Crippen MR) is 78.7 cm³/mol. The molecule has 0 heterocycles. The molecule has 0 aromatic rings. The summed E-state index contributed by atoms with van der Waals surface area (Å²) in [6.07, 6.45) is 11.6. The van der Waals surface area contributed by atoms with E-state index in [-0.39, 0.29) is 11.9 Å². The highest BCUT2D eigenvalue weighted by Crippen LogP contribution is 2.13. The van der Waals surface area contributed by atoms with Crippen LogP contribution in [0.2, 0.25) is 0 Å². The normalized spacial score (nSPS) is 12.4. The fourth-order valence-electron chi connectivity index (χ4n) is 1.94. The van der Waals surface area contributed by atoms with E-state index in [0.29, 0.717) is 6.61 Å². The van der Waals surface area contributed by atoms with Gasteiger partial charge in [-0.05, 0) is 12.8 Å². The van der Waals surface area contributed by atoms with E-state index in [1.165, 1.54) is 32.1 Å². The van der Waals surface area contributed by atoms with Crippen molar-refractivity contribution in [1.82, 2.24) is 0 Å². The van der Waals surface area contributed by atoms with Crippen LogP contribution in [0.1, 0.15) is 85.0 Å². The van der Waals surface area contributed by atoms with Gasteiger partial charge >= 0.3 is 5.97 Å². The maximum atomic E-state index is 11.6. The number of hydrogen-bond donors (Lipinski definition) is 0. The van der Waals surface area contributed by atoms with E-state index in [2.05, 4.69) is 13.8 Å². The first-order chi connectivity index (χ1) is 9.22. The highest BCUT2D eigenvalue weighted by Gasteiger charge is 2.14. The molecule has 0 saturated heterocycles. The Kier molecular flexibility index (Phi) is 13.4. The van der Waals surface area contributed by atoms with Crippen LogP contribution in [-0.2, 0) is 14.6 Å². The van der Waals surface area contributed by atoms with Crippen LogP contribution in [0, 0.1) is 5.92 Å². The van der Waals surface area contributed by atoms with Crippen molar-refractivity contribution in [3.63, 3.8) is 0 Å². The molecule has 0 saturated carbocycles. The van der Waals surface area contributed by atoms with E-state index < -0.39 is 0 Å². The average Bonchev–Trinajstić information content (AvgIpc) is 2.42. The van der Waals surface area contributed by atoms with Crippen LogP contribution in [0.4, 0.5) is 0 Å². The van der Waals surface area contributed by atoms with Gasteiger partial charge in [0.25, 0.3) is 0 Å². The Morgan fingerprint density at radius 1 is 0.895 bits per heavy atom. The Hall–Kier alpha value is -0.570. The quantitative estimate of drug-likeness (QED) is 0.268. The Morgan fingerprint density at radius 3 is 2.16 bits per heavy atom. The minimum atomic E-state index is -0.218. The lowest BCUT2D eigenvalue weighted by Crippen LogP contribution is -2.15. The minimum Gasteiger partial charge on any atom is -0.298 e. The molecule has 0 aliphatic heterocycles. The third kappa shape index (κ3) is 12.2. The number of carbonyl (C=O) groups excluding carboxylic acids is 1. The predicted octanol–water partition coefficient (Wildman–Crippen LogP) is 5.04. The van der Waals surface area contributed by atoms with E-state index in [1.807, 2.05) is 6.92 Å². The summed E-state index contributed by atoms with van der Waals surface area (Å²) in [5.41, 5.74) is 0. The molecule has 0 rings (SSSR count). The van der Waals surface area contributed by atoms with Gasteiger partial charge in [-0.2, -0.15) is 4.89 Å². The minimum absolute atomic E-state index is 0.0441. The monoisotopic (exact) mass is 272 g/mol. The van der Waals surface area contributed by atoms with E-state index in [4.69, 9.17) is 9.78 Å². The molecular formula is C16H32O3. The third-order valence-electron chi connectivity index (χ3n) is 3.37. The zero-order valence-corrected chi connectivity index (χ0v) is 13.1. The molecule has 0 N–H and O–H groups in total. The van der Waals surface area contributed by atoms with Crippen LogP contribution in [0.25, 0.3) is 0 Å². The Balaban J connectivity index is 3.38. The fourth-order valence-corrected chi connectivity index (χ4v) is 1.94. The van der Waals surface area contributed by atoms with Crippen molar-refractivity contribution >= 4 is 5.97 Å². The zero-order chi connectivity index (χ0) is 14.3. The lowest BCUT2D eigenvalue weighted by molar-refractivity contribution is -0.276. The van der Waals surface area contributed by atoms with Crippen LogP contribution in [0.5, 0.6) is 0 Å². The molecular weight excluding hydrogens is 240 g/mol. The van der Waals surface area contributed by atoms with Gasteiger partial charge in [-0.15, -0.1) is 0 Å². The molecule has 0 aromatic carbocycles. The molecule has 0 fully saturated rings. The SMILES string of the molecule is CCCCCCCCC(C)C(=O)OOCCCCC. The van der Waals surface area contributed by atoms with E-state index in [9.17, 15) is 4.79 Å². The van der Waals surface area contributed by atoms with Crippen LogP contribution in [0.3, 0.4) is 0 Å². The van der Waals surface area contributed by atoms with Gasteiger partial charge in [0.15, 0.2) is 0 Å². The molecule has 0 aromatic heterocycles. The van der Waals surface area contributed by atoms with Gasteiger partial charge in [-0.25, -0.2) is 4.79 Å². The summed E-state index contributed by atoms with van der Waals surface area (Å²) in [6, 6.07) is 0. The number of rotatable bonds is 13. The van der Waals surface area contributed by atoms with E-state index in [1.54, 1.807) is 0 Å². The van der Waals surface area contributed by atoms with Crippen molar-refractivity contribution < 1.29 is 14.6 Å². The Labute approximate surface area is 119 Å². The first-order valence-corrected chi connectivity index (χ1v) is 8.05. The van der Waals surface area contributed by atoms with Crippen molar-refractivity contribution in [2.75, 3.05) is 6.61 Å². The molecule has 0 radical (unpaired) electrons. The maximum Gasteiger partial charge on any atom is 0.345 e. The van der Waals surface area contributed by atoms with Gasteiger partial charge < -0.3 is 0 Å². The largest absolute Gasteiger partial charge is 0.345 e. The number of carbonyl (C=O) groups is 1. The molecule has 3 nitrogen and oxygen atoms in total. The molecule has 0 bridgehead atoms. The lowest BCUT2D eigenvalue weighted by Gasteiger charge is -2.09. The lowest BCUT2D eigenvalue weighted by atomic mass is 10.0. The summed E-state index contributed by atoms with van der Waals surface area (Å²) >= 11 is 0. The summed E-state index contributed by atoms with van der Waals surface area (Å²) in [5, 5.41) is 0. The topological polar surface area (TPSA) is 35.5 Å². The van der Waals surface area contributed by atoms with Crippen molar-refractivity contribution in [3.8, 4) is 0 Å². The summed E-state index contributed by atoms with van der Waals surface area (Å²) in [5.74, 6) is -0.262. The summed E-state index contributed by atoms with van der Waals surface area (Å²) in [6.45, 7) is 6.79. The van der Waals surface area contributed by atoms with Crippen molar-refractivity contribution in [3.05, 3.63) is 0 Å². The fraction of sp³-hybridized carbons (Fsp3) is 0.938. The first kappa shape index (κ1) is 18.4. The molecule has 0 spiro atoms.